The number of carbonyl (C=O) groups is 1. The summed E-state index contributed by atoms with van der Waals surface area (Å²) in [5, 5.41) is 13.3. The first kappa shape index (κ1) is 21.3. The zero-order chi connectivity index (χ0) is 21.9. The molecule has 1 saturated heterocycles. The molecule has 0 saturated carbocycles. The number of hydrogen-bond acceptors (Lipinski definition) is 5. The van der Waals surface area contributed by atoms with E-state index >= 15 is 0 Å². The number of benzene rings is 1. The maximum Gasteiger partial charge on any atom is 0.416 e. The molecule has 1 N–H and O–H groups in total. The van der Waals surface area contributed by atoms with Gasteiger partial charge in [-0.25, -0.2) is 0 Å². The van der Waals surface area contributed by atoms with Gasteiger partial charge in [-0.15, -0.1) is 0 Å². The van der Waals surface area contributed by atoms with E-state index in [0.29, 0.717) is 18.8 Å². The number of carbonyl (C=O) groups excluding carboxylic acids is 1. The van der Waals surface area contributed by atoms with E-state index < -0.39 is 34.7 Å². The van der Waals surface area contributed by atoms with E-state index in [1.807, 2.05) is 4.90 Å². The highest BCUT2D eigenvalue weighted by molar-refractivity contribution is 5.94. The van der Waals surface area contributed by atoms with Crippen molar-refractivity contribution in [3.8, 4) is 0 Å². The van der Waals surface area contributed by atoms with Crippen LogP contribution in [0.1, 0.15) is 24.8 Å². The standard InChI is InChI=1S/C19H19F3N4O4/c20-19(21,22)13-4-6-16(24-8-2-1-3-9-24)15(10-13)23-17(27)12-25-11-14(26(29)30)5-7-18(25)28/h4-7,10-11H,1-3,8-9,12H2,(H,23,27). The van der Waals surface area contributed by atoms with E-state index in [2.05, 4.69) is 5.32 Å². The summed E-state index contributed by atoms with van der Waals surface area (Å²) in [5.41, 5.74) is -1.49. The highest BCUT2D eigenvalue weighted by Crippen LogP contribution is 2.36. The summed E-state index contributed by atoms with van der Waals surface area (Å²) in [6.45, 7) is 0.730. The van der Waals surface area contributed by atoms with E-state index in [-0.39, 0.29) is 11.4 Å². The Morgan fingerprint density at radius 3 is 2.47 bits per heavy atom. The lowest BCUT2D eigenvalue weighted by molar-refractivity contribution is -0.385. The number of alkyl halides is 3. The topological polar surface area (TPSA) is 97.5 Å². The molecule has 160 valence electrons. The van der Waals surface area contributed by atoms with Crippen molar-refractivity contribution in [3.63, 3.8) is 0 Å². The number of rotatable bonds is 5. The first-order chi connectivity index (χ1) is 14.1. The van der Waals surface area contributed by atoms with E-state index in [0.717, 1.165) is 54.3 Å². The van der Waals surface area contributed by atoms with Crippen molar-refractivity contribution >= 4 is 23.0 Å². The number of hydrogen-bond donors (Lipinski definition) is 1. The Hall–Kier alpha value is -3.37. The molecule has 0 bridgehead atoms. The number of piperidine rings is 1. The second-order valence-corrected chi connectivity index (χ2v) is 6.94. The molecule has 11 heteroatoms. The van der Waals surface area contributed by atoms with Crippen molar-refractivity contribution in [1.29, 1.82) is 0 Å². The molecule has 0 unspecified atom stereocenters. The molecule has 0 spiro atoms. The van der Waals surface area contributed by atoms with Crippen molar-refractivity contribution in [3.05, 3.63) is 62.6 Å². The molecule has 0 aliphatic carbocycles. The number of amides is 1. The van der Waals surface area contributed by atoms with Gasteiger partial charge in [0.1, 0.15) is 6.54 Å². The fourth-order valence-corrected chi connectivity index (χ4v) is 3.32. The van der Waals surface area contributed by atoms with Crippen molar-refractivity contribution in [2.75, 3.05) is 23.3 Å². The van der Waals surface area contributed by atoms with Crippen LogP contribution in [0, 0.1) is 10.1 Å². The van der Waals surface area contributed by atoms with Gasteiger partial charge in [0.2, 0.25) is 5.91 Å². The number of nitrogens with one attached hydrogen (secondary N) is 1. The lowest BCUT2D eigenvalue weighted by Crippen LogP contribution is -2.31. The number of nitro groups is 1. The number of nitrogens with zero attached hydrogens (tertiary/aromatic N) is 3. The van der Waals surface area contributed by atoms with Gasteiger partial charge in [-0.05, 0) is 37.5 Å². The number of anilines is 2. The van der Waals surface area contributed by atoms with Crippen LogP contribution in [0.4, 0.5) is 30.2 Å². The molecular weight excluding hydrogens is 405 g/mol. The van der Waals surface area contributed by atoms with Crippen LogP contribution in [-0.4, -0.2) is 28.5 Å². The molecule has 3 rings (SSSR count). The molecule has 30 heavy (non-hydrogen) atoms. The SMILES string of the molecule is O=C(Cn1cc([N+](=O)[O-])ccc1=O)Nc1cc(C(F)(F)F)ccc1N1CCCCC1. The van der Waals surface area contributed by atoms with Gasteiger partial charge in [-0.1, -0.05) is 0 Å². The third kappa shape index (κ3) is 4.97. The molecule has 1 aliphatic rings. The maximum atomic E-state index is 13.2. The molecular formula is C19H19F3N4O4. The lowest BCUT2D eigenvalue weighted by Gasteiger charge is -2.31. The predicted molar refractivity (Wildman–Crippen MR) is 103 cm³/mol. The van der Waals surface area contributed by atoms with E-state index in [4.69, 9.17) is 0 Å². The predicted octanol–water partition coefficient (Wildman–Crippen LogP) is 3.40. The molecule has 8 nitrogen and oxygen atoms in total. The molecule has 1 fully saturated rings. The number of aromatic nitrogens is 1. The van der Waals surface area contributed by atoms with Crippen LogP contribution in [-0.2, 0) is 17.5 Å². The molecule has 2 aromatic rings. The van der Waals surface area contributed by atoms with Crippen LogP contribution in [0.5, 0.6) is 0 Å². The van der Waals surface area contributed by atoms with E-state index in [1.165, 1.54) is 6.07 Å². The van der Waals surface area contributed by atoms with Crippen LogP contribution < -0.4 is 15.8 Å². The van der Waals surface area contributed by atoms with Gasteiger partial charge in [-0.3, -0.25) is 24.3 Å². The Kier molecular flexibility index (Phi) is 6.09. The summed E-state index contributed by atoms with van der Waals surface area (Å²) in [6, 6.07) is 5.11. The molecule has 0 atom stereocenters. The normalized spacial score (nSPS) is 14.4. The first-order valence-electron chi connectivity index (χ1n) is 9.26. The first-order valence-corrected chi connectivity index (χ1v) is 9.26. The largest absolute Gasteiger partial charge is 0.416 e. The lowest BCUT2D eigenvalue weighted by atomic mass is 10.1. The van der Waals surface area contributed by atoms with Gasteiger partial charge in [0.25, 0.3) is 11.2 Å². The quantitative estimate of drug-likeness (QED) is 0.586. The minimum Gasteiger partial charge on any atom is -0.370 e. The average Bonchev–Trinajstić information content (AvgIpc) is 2.69. The minimum absolute atomic E-state index is 0.0183. The summed E-state index contributed by atoms with van der Waals surface area (Å²) >= 11 is 0. The minimum atomic E-state index is -4.59. The second kappa shape index (κ2) is 8.56. The molecule has 1 aliphatic heterocycles. The van der Waals surface area contributed by atoms with E-state index in [9.17, 15) is 32.9 Å². The van der Waals surface area contributed by atoms with Gasteiger partial charge in [0.15, 0.2) is 0 Å². The highest BCUT2D eigenvalue weighted by atomic mass is 19.4. The van der Waals surface area contributed by atoms with Crippen LogP contribution in [0.15, 0.2) is 41.3 Å². The van der Waals surface area contributed by atoms with Crippen LogP contribution >= 0.6 is 0 Å². The second-order valence-electron chi connectivity index (χ2n) is 6.94. The fourth-order valence-electron chi connectivity index (χ4n) is 3.32. The Bertz CT molecular complexity index is 1010. The van der Waals surface area contributed by atoms with Crippen molar-refractivity contribution < 1.29 is 22.9 Å². The maximum absolute atomic E-state index is 13.2. The molecule has 1 aromatic heterocycles. The van der Waals surface area contributed by atoms with E-state index in [1.54, 1.807) is 0 Å². The van der Waals surface area contributed by atoms with Crippen molar-refractivity contribution in [2.45, 2.75) is 32.0 Å². The van der Waals surface area contributed by atoms with Crippen LogP contribution in [0.2, 0.25) is 0 Å². The van der Waals surface area contributed by atoms with Crippen LogP contribution in [0.25, 0.3) is 0 Å². The number of pyridine rings is 1. The van der Waals surface area contributed by atoms with Gasteiger partial charge in [-0.2, -0.15) is 13.2 Å². The third-order valence-electron chi connectivity index (χ3n) is 4.79. The zero-order valence-corrected chi connectivity index (χ0v) is 15.8. The zero-order valence-electron chi connectivity index (χ0n) is 15.8. The van der Waals surface area contributed by atoms with Gasteiger partial charge in [0, 0.05) is 25.2 Å². The third-order valence-corrected chi connectivity index (χ3v) is 4.79. The Balaban J connectivity index is 1.88. The van der Waals surface area contributed by atoms with Crippen molar-refractivity contribution in [2.24, 2.45) is 0 Å². The summed E-state index contributed by atoms with van der Waals surface area (Å²) in [7, 11) is 0. The fraction of sp³-hybridized carbons (Fsp3) is 0.368. The van der Waals surface area contributed by atoms with Gasteiger partial charge < -0.3 is 10.2 Å². The molecule has 2 heterocycles. The summed E-state index contributed by atoms with van der Waals surface area (Å²) in [4.78, 5) is 36.4. The molecule has 1 amide bonds. The molecule has 0 radical (unpaired) electrons. The van der Waals surface area contributed by atoms with Gasteiger partial charge >= 0.3 is 6.18 Å². The summed E-state index contributed by atoms with van der Waals surface area (Å²) in [5.74, 6) is -0.768. The summed E-state index contributed by atoms with van der Waals surface area (Å²) < 4.78 is 40.3. The smallest absolute Gasteiger partial charge is 0.370 e. The number of halogens is 3. The average molecular weight is 424 g/mol. The highest BCUT2D eigenvalue weighted by Gasteiger charge is 2.32. The Morgan fingerprint density at radius 1 is 1.13 bits per heavy atom. The van der Waals surface area contributed by atoms with Crippen molar-refractivity contribution in [1.82, 2.24) is 4.57 Å². The van der Waals surface area contributed by atoms with Gasteiger partial charge in [0.05, 0.1) is 28.1 Å². The summed E-state index contributed by atoms with van der Waals surface area (Å²) in [6.07, 6.45) is -0.875. The Labute approximate surface area is 169 Å². The Morgan fingerprint density at radius 2 is 1.83 bits per heavy atom. The monoisotopic (exact) mass is 424 g/mol. The molecule has 1 aromatic carbocycles. The van der Waals surface area contributed by atoms with Crippen LogP contribution in [0.3, 0.4) is 0 Å².